The molecule has 0 radical (unpaired) electrons. The Balaban J connectivity index is 2.41. The van der Waals surface area contributed by atoms with Gasteiger partial charge in [-0.05, 0) is 24.5 Å². The number of benzene rings is 1. The van der Waals surface area contributed by atoms with Crippen LogP contribution in [0.3, 0.4) is 0 Å². The molecule has 3 N–H and O–H groups in total. The third-order valence-electron chi connectivity index (χ3n) is 3.34. The number of hydrogen-bond donors (Lipinski definition) is 2. The van der Waals surface area contributed by atoms with Gasteiger partial charge >= 0.3 is 0 Å². The van der Waals surface area contributed by atoms with Crippen molar-refractivity contribution >= 4 is 17.2 Å². The SMILES string of the molecule is CC1CCN(c2ccc(/C(N)=N/O)cc2[N+](=O)[O-])C1. The molecule has 2 rings (SSSR count). The highest BCUT2D eigenvalue weighted by Crippen LogP contribution is 2.32. The average molecular weight is 264 g/mol. The summed E-state index contributed by atoms with van der Waals surface area (Å²) in [6.45, 7) is 3.74. The number of amidine groups is 1. The van der Waals surface area contributed by atoms with Gasteiger partial charge in [0.2, 0.25) is 0 Å². The van der Waals surface area contributed by atoms with Gasteiger partial charge in [-0.15, -0.1) is 0 Å². The number of nitrogens with two attached hydrogens (primary N) is 1. The third-order valence-corrected chi connectivity index (χ3v) is 3.34. The van der Waals surface area contributed by atoms with Crippen LogP contribution in [0.15, 0.2) is 23.4 Å². The summed E-state index contributed by atoms with van der Waals surface area (Å²) in [6, 6.07) is 4.62. The van der Waals surface area contributed by atoms with E-state index < -0.39 is 4.92 Å². The maximum Gasteiger partial charge on any atom is 0.293 e. The van der Waals surface area contributed by atoms with E-state index in [4.69, 9.17) is 10.9 Å². The molecule has 0 spiro atoms. The van der Waals surface area contributed by atoms with Gasteiger partial charge in [0.05, 0.1) is 4.92 Å². The van der Waals surface area contributed by atoms with Crippen LogP contribution in [0.1, 0.15) is 18.9 Å². The minimum absolute atomic E-state index is 0.0156. The van der Waals surface area contributed by atoms with Crippen LogP contribution in [-0.2, 0) is 0 Å². The van der Waals surface area contributed by atoms with Gasteiger partial charge in [0, 0.05) is 24.7 Å². The van der Waals surface area contributed by atoms with Gasteiger partial charge in [-0.2, -0.15) is 0 Å². The first kappa shape index (κ1) is 13.1. The zero-order valence-corrected chi connectivity index (χ0v) is 10.6. The van der Waals surface area contributed by atoms with E-state index >= 15 is 0 Å². The van der Waals surface area contributed by atoms with Gasteiger partial charge < -0.3 is 15.8 Å². The summed E-state index contributed by atoms with van der Waals surface area (Å²) < 4.78 is 0. The number of nitro benzene ring substituents is 1. The normalized spacial score (nSPS) is 19.7. The Kier molecular flexibility index (Phi) is 3.55. The van der Waals surface area contributed by atoms with Crippen molar-refractivity contribution in [2.75, 3.05) is 18.0 Å². The smallest absolute Gasteiger partial charge is 0.293 e. The molecule has 0 bridgehead atoms. The Morgan fingerprint density at radius 2 is 2.37 bits per heavy atom. The molecule has 1 unspecified atom stereocenters. The van der Waals surface area contributed by atoms with Crippen LogP contribution in [0.5, 0.6) is 0 Å². The van der Waals surface area contributed by atoms with Crippen molar-refractivity contribution in [3.8, 4) is 0 Å². The Bertz CT molecular complexity index is 530. The van der Waals surface area contributed by atoms with Crippen LogP contribution in [0.4, 0.5) is 11.4 Å². The fraction of sp³-hybridized carbons (Fsp3) is 0.417. The van der Waals surface area contributed by atoms with E-state index in [-0.39, 0.29) is 11.5 Å². The Morgan fingerprint density at radius 1 is 1.63 bits per heavy atom. The van der Waals surface area contributed by atoms with E-state index in [0.29, 0.717) is 17.2 Å². The van der Waals surface area contributed by atoms with Crippen molar-refractivity contribution in [3.63, 3.8) is 0 Å². The van der Waals surface area contributed by atoms with Crippen LogP contribution in [-0.4, -0.2) is 29.1 Å². The number of nitrogens with zero attached hydrogens (tertiary/aromatic N) is 3. The van der Waals surface area contributed by atoms with Crippen LogP contribution in [0.2, 0.25) is 0 Å². The summed E-state index contributed by atoms with van der Waals surface area (Å²) in [4.78, 5) is 12.7. The Morgan fingerprint density at radius 3 is 2.89 bits per heavy atom. The van der Waals surface area contributed by atoms with Crippen molar-refractivity contribution in [3.05, 3.63) is 33.9 Å². The van der Waals surface area contributed by atoms with Crippen molar-refractivity contribution < 1.29 is 10.1 Å². The standard InChI is InChI=1S/C12H16N4O3/c1-8-4-5-15(7-8)10-3-2-9(12(13)14-17)6-11(10)16(18)19/h2-3,6,8,17H,4-5,7H2,1H3,(H2,13,14). The fourth-order valence-corrected chi connectivity index (χ4v) is 2.31. The maximum absolute atomic E-state index is 11.2. The minimum Gasteiger partial charge on any atom is -0.409 e. The predicted octanol–water partition coefficient (Wildman–Crippen LogP) is 1.54. The number of anilines is 1. The van der Waals surface area contributed by atoms with Crippen molar-refractivity contribution in [2.45, 2.75) is 13.3 Å². The molecule has 1 saturated heterocycles. The third kappa shape index (κ3) is 2.59. The van der Waals surface area contributed by atoms with E-state index in [1.807, 2.05) is 4.90 Å². The van der Waals surface area contributed by atoms with Crippen LogP contribution in [0, 0.1) is 16.0 Å². The second kappa shape index (κ2) is 5.13. The summed E-state index contributed by atoms with van der Waals surface area (Å²) in [5.41, 5.74) is 6.36. The van der Waals surface area contributed by atoms with Crippen LogP contribution >= 0.6 is 0 Å². The lowest BCUT2D eigenvalue weighted by Gasteiger charge is -2.18. The van der Waals surface area contributed by atoms with Crippen molar-refractivity contribution in [1.29, 1.82) is 0 Å². The zero-order valence-electron chi connectivity index (χ0n) is 10.6. The van der Waals surface area contributed by atoms with Gasteiger partial charge in [-0.1, -0.05) is 12.1 Å². The first-order valence-corrected chi connectivity index (χ1v) is 6.04. The second-order valence-corrected chi connectivity index (χ2v) is 4.79. The molecule has 102 valence electrons. The predicted molar refractivity (Wildman–Crippen MR) is 71.6 cm³/mol. The molecule has 0 saturated carbocycles. The molecule has 0 aliphatic carbocycles. The van der Waals surface area contributed by atoms with E-state index in [9.17, 15) is 10.1 Å². The molecule has 1 atom stereocenters. The quantitative estimate of drug-likeness (QED) is 0.283. The monoisotopic (exact) mass is 264 g/mol. The van der Waals surface area contributed by atoms with E-state index in [1.165, 1.54) is 6.07 Å². The van der Waals surface area contributed by atoms with E-state index in [0.717, 1.165) is 19.5 Å². The van der Waals surface area contributed by atoms with Crippen LogP contribution in [0.25, 0.3) is 0 Å². The molecule has 1 aromatic carbocycles. The first-order valence-electron chi connectivity index (χ1n) is 6.04. The van der Waals surface area contributed by atoms with Gasteiger partial charge in [0.1, 0.15) is 5.69 Å². The lowest BCUT2D eigenvalue weighted by molar-refractivity contribution is -0.384. The average Bonchev–Trinajstić information content (AvgIpc) is 2.83. The molecule has 1 aromatic rings. The van der Waals surface area contributed by atoms with E-state index in [2.05, 4.69) is 12.1 Å². The molecule has 1 heterocycles. The number of rotatable bonds is 3. The summed E-state index contributed by atoms with van der Waals surface area (Å²) in [6.07, 6.45) is 1.03. The lowest BCUT2D eigenvalue weighted by Crippen LogP contribution is -2.21. The Labute approximate surface area is 110 Å². The highest BCUT2D eigenvalue weighted by molar-refractivity contribution is 5.98. The van der Waals surface area contributed by atoms with Gasteiger partial charge in [0.25, 0.3) is 5.69 Å². The van der Waals surface area contributed by atoms with Crippen LogP contribution < -0.4 is 10.6 Å². The summed E-state index contributed by atoms with van der Waals surface area (Å²) in [7, 11) is 0. The first-order chi connectivity index (χ1) is 9.02. The zero-order chi connectivity index (χ0) is 14.0. The summed E-state index contributed by atoms with van der Waals surface area (Å²) >= 11 is 0. The molecular formula is C12H16N4O3. The molecule has 1 aliphatic heterocycles. The fourth-order valence-electron chi connectivity index (χ4n) is 2.31. The number of nitro groups is 1. The van der Waals surface area contributed by atoms with Gasteiger partial charge in [-0.25, -0.2) is 0 Å². The highest BCUT2D eigenvalue weighted by atomic mass is 16.6. The maximum atomic E-state index is 11.2. The van der Waals surface area contributed by atoms with Crippen molar-refractivity contribution in [2.24, 2.45) is 16.8 Å². The van der Waals surface area contributed by atoms with Gasteiger partial charge in [0.15, 0.2) is 5.84 Å². The molecule has 0 amide bonds. The molecular weight excluding hydrogens is 248 g/mol. The number of hydrogen-bond acceptors (Lipinski definition) is 5. The lowest BCUT2D eigenvalue weighted by atomic mass is 10.1. The van der Waals surface area contributed by atoms with Gasteiger partial charge in [-0.3, -0.25) is 10.1 Å². The molecule has 19 heavy (non-hydrogen) atoms. The molecule has 7 nitrogen and oxygen atoms in total. The molecule has 1 aliphatic rings. The molecule has 1 fully saturated rings. The highest BCUT2D eigenvalue weighted by Gasteiger charge is 2.26. The molecule has 7 heteroatoms. The largest absolute Gasteiger partial charge is 0.409 e. The summed E-state index contributed by atoms with van der Waals surface area (Å²) in [5, 5.41) is 22.6. The van der Waals surface area contributed by atoms with E-state index in [1.54, 1.807) is 12.1 Å². The minimum atomic E-state index is -0.438. The van der Waals surface area contributed by atoms with Crippen molar-refractivity contribution in [1.82, 2.24) is 0 Å². The topological polar surface area (TPSA) is 105 Å². The summed E-state index contributed by atoms with van der Waals surface area (Å²) in [5.74, 6) is 0.396. The Hall–Kier alpha value is -2.31. The molecule has 0 aromatic heterocycles. The second-order valence-electron chi connectivity index (χ2n) is 4.79. The number of oxime groups is 1.